The van der Waals surface area contributed by atoms with Gasteiger partial charge in [0.05, 0.1) is 11.6 Å². The Bertz CT molecular complexity index is 530. The van der Waals surface area contributed by atoms with Gasteiger partial charge in [0.2, 0.25) is 0 Å². The van der Waals surface area contributed by atoms with Crippen LogP contribution in [0, 0.1) is 5.41 Å². The first-order chi connectivity index (χ1) is 10.1. The number of fused-ring (bicyclic) bond motifs is 3. The van der Waals surface area contributed by atoms with Crippen molar-refractivity contribution in [1.29, 1.82) is 0 Å². The van der Waals surface area contributed by atoms with E-state index in [4.69, 9.17) is 9.47 Å². The van der Waals surface area contributed by atoms with Gasteiger partial charge in [-0.15, -0.1) is 0 Å². The molecule has 0 bridgehead atoms. The molecule has 21 heavy (non-hydrogen) atoms. The van der Waals surface area contributed by atoms with E-state index in [0.29, 0.717) is 18.1 Å². The van der Waals surface area contributed by atoms with Crippen molar-refractivity contribution in [2.24, 2.45) is 5.41 Å². The van der Waals surface area contributed by atoms with Gasteiger partial charge in [0.1, 0.15) is 18.5 Å². The predicted octanol–water partition coefficient (Wildman–Crippen LogP) is 3.45. The number of benzene rings is 1. The van der Waals surface area contributed by atoms with Crippen molar-refractivity contribution in [2.75, 3.05) is 13.2 Å². The van der Waals surface area contributed by atoms with E-state index < -0.39 is 0 Å². The zero-order chi connectivity index (χ0) is 14.5. The summed E-state index contributed by atoms with van der Waals surface area (Å²) in [6.45, 7) is 6.43. The van der Waals surface area contributed by atoms with Crippen LogP contribution in [-0.4, -0.2) is 24.8 Å². The Balaban J connectivity index is 1.59. The predicted molar refractivity (Wildman–Crippen MR) is 82.5 cm³/mol. The standard InChI is InChI=1S/C18H25NO2/c1-17(2)7-9-18(10-8-17)12-19-14-11-20-15-6-4-3-5-13(15)16(14)21-18/h3-6,14,16,19H,7-12H2,1-2H3. The van der Waals surface area contributed by atoms with Gasteiger partial charge in [-0.05, 0) is 37.2 Å². The normalized spacial score (nSPS) is 32.9. The van der Waals surface area contributed by atoms with Crippen molar-refractivity contribution >= 4 is 0 Å². The van der Waals surface area contributed by atoms with Crippen LogP contribution in [0.25, 0.3) is 0 Å². The Morgan fingerprint density at radius 1 is 1.10 bits per heavy atom. The zero-order valence-electron chi connectivity index (χ0n) is 13.0. The maximum atomic E-state index is 6.70. The largest absolute Gasteiger partial charge is 0.491 e. The van der Waals surface area contributed by atoms with E-state index in [1.165, 1.54) is 31.2 Å². The molecule has 1 aliphatic carbocycles. The second kappa shape index (κ2) is 4.72. The third kappa shape index (κ3) is 2.36. The summed E-state index contributed by atoms with van der Waals surface area (Å²) < 4.78 is 12.6. The highest BCUT2D eigenvalue weighted by atomic mass is 16.5. The van der Waals surface area contributed by atoms with Gasteiger partial charge in [0.25, 0.3) is 0 Å². The van der Waals surface area contributed by atoms with Crippen molar-refractivity contribution in [1.82, 2.24) is 5.32 Å². The Morgan fingerprint density at radius 3 is 2.67 bits per heavy atom. The molecule has 3 heteroatoms. The van der Waals surface area contributed by atoms with E-state index >= 15 is 0 Å². The van der Waals surface area contributed by atoms with E-state index in [2.05, 4.69) is 37.4 Å². The molecule has 1 aromatic rings. The molecule has 2 fully saturated rings. The topological polar surface area (TPSA) is 30.5 Å². The smallest absolute Gasteiger partial charge is 0.125 e. The lowest BCUT2D eigenvalue weighted by Gasteiger charge is -2.51. The Morgan fingerprint density at radius 2 is 1.86 bits per heavy atom. The first-order valence-electron chi connectivity index (χ1n) is 8.20. The monoisotopic (exact) mass is 287 g/mol. The molecule has 1 saturated carbocycles. The fourth-order valence-corrected chi connectivity index (χ4v) is 3.95. The van der Waals surface area contributed by atoms with Crippen LogP contribution in [0.5, 0.6) is 5.75 Å². The number of hydrogen-bond donors (Lipinski definition) is 1. The molecule has 1 saturated heterocycles. The molecule has 3 aliphatic rings. The van der Waals surface area contributed by atoms with Crippen molar-refractivity contribution in [2.45, 2.75) is 57.3 Å². The molecule has 0 aromatic heterocycles. The summed E-state index contributed by atoms with van der Waals surface area (Å²) in [7, 11) is 0. The number of rotatable bonds is 0. The van der Waals surface area contributed by atoms with Gasteiger partial charge >= 0.3 is 0 Å². The van der Waals surface area contributed by atoms with Gasteiger partial charge in [-0.1, -0.05) is 32.0 Å². The minimum atomic E-state index is 0.0289. The van der Waals surface area contributed by atoms with Gasteiger partial charge in [-0.3, -0.25) is 0 Å². The lowest BCUT2D eigenvalue weighted by atomic mass is 9.70. The summed E-state index contributed by atoms with van der Waals surface area (Å²) in [5.41, 5.74) is 1.71. The minimum Gasteiger partial charge on any atom is -0.491 e. The molecular weight excluding hydrogens is 262 g/mol. The van der Waals surface area contributed by atoms with Crippen molar-refractivity contribution in [3.8, 4) is 5.75 Å². The maximum absolute atomic E-state index is 6.70. The van der Waals surface area contributed by atoms with Crippen LogP contribution in [0.2, 0.25) is 0 Å². The second-order valence-electron chi connectivity index (χ2n) is 7.72. The van der Waals surface area contributed by atoms with E-state index in [9.17, 15) is 0 Å². The Kier molecular flexibility index (Phi) is 3.05. The molecule has 1 spiro atoms. The van der Waals surface area contributed by atoms with Crippen LogP contribution in [-0.2, 0) is 4.74 Å². The zero-order valence-corrected chi connectivity index (χ0v) is 13.0. The summed E-state index contributed by atoms with van der Waals surface area (Å²) in [6.07, 6.45) is 4.98. The minimum absolute atomic E-state index is 0.0289. The van der Waals surface area contributed by atoms with Crippen LogP contribution in [0.15, 0.2) is 24.3 Å². The van der Waals surface area contributed by atoms with Gasteiger partial charge in [0.15, 0.2) is 0 Å². The Labute approximate surface area is 127 Å². The lowest BCUT2D eigenvalue weighted by molar-refractivity contribution is -0.172. The highest BCUT2D eigenvalue weighted by molar-refractivity contribution is 5.38. The van der Waals surface area contributed by atoms with Crippen LogP contribution < -0.4 is 10.1 Å². The molecule has 2 heterocycles. The first kappa shape index (κ1) is 13.6. The number of morpholine rings is 1. The second-order valence-corrected chi connectivity index (χ2v) is 7.72. The number of hydrogen-bond acceptors (Lipinski definition) is 3. The molecule has 2 unspecified atom stereocenters. The molecule has 1 N–H and O–H groups in total. The third-order valence-corrected chi connectivity index (χ3v) is 5.59. The first-order valence-corrected chi connectivity index (χ1v) is 8.20. The van der Waals surface area contributed by atoms with Gasteiger partial charge in [-0.25, -0.2) is 0 Å². The highest BCUT2D eigenvalue weighted by Crippen LogP contribution is 2.47. The van der Waals surface area contributed by atoms with E-state index in [1.54, 1.807) is 0 Å². The van der Waals surface area contributed by atoms with E-state index in [1.807, 2.05) is 6.07 Å². The van der Waals surface area contributed by atoms with Crippen LogP contribution >= 0.6 is 0 Å². The molecule has 114 valence electrons. The molecule has 4 rings (SSSR count). The molecule has 0 amide bonds. The average Bonchev–Trinajstić information content (AvgIpc) is 2.51. The van der Waals surface area contributed by atoms with Gasteiger partial charge in [-0.2, -0.15) is 0 Å². The Hall–Kier alpha value is -1.06. The van der Waals surface area contributed by atoms with Gasteiger partial charge < -0.3 is 14.8 Å². The summed E-state index contributed by atoms with van der Waals surface area (Å²) in [6, 6.07) is 8.62. The van der Waals surface area contributed by atoms with E-state index in [0.717, 1.165) is 12.3 Å². The molecule has 3 nitrogen and oxygen atoms in total. The van der Waals surface area contributed by atoms with Crippen molar-refractivity contribution < 1.29 is 9.47 Å². The summed E-state index contributed by atoms with van der Waals surface area (Å²) in [5.74, 6) is 0.994. The maximum Gasteiger partial charge on any atom is 0.125 e. The summed E-state index contributed by atoms with van der Waals surface area (Å²) in [5, 5.41) is 3.70. The quantitative estimate of drug-likeness (QED) is 0.793. The van der Waals surface area contributed by atoms with Crippen LogP contribution in [0.3, 0.4) is 0 Å². The summed E-state index contributed by atoms with van der Waals surface area (Å²) in [4.78, 5) is 0. The number of ether oxygens (including phenoxy) is 2. The molecule has 2 atom stereocenters. The SMILES string of the molecule is CC1(C)CCC2(CC1)CNC1COc3ccccc3C1O2. The fraction of sp³-hybridized carbons (Fsp3) is 0.667. The third-order valence-electron chi connectivity index (χ3n) is 5.59. The molecule has 1 aromatic carbocycles. The summed E-state index contributed by atoms with van der Waals surface area (Å²) >= 11 is 0. The molecule has 2 aliphatic heterocycles. The van der Waals surface area contributed by atoms with Crippen LogP contribution in [0.4, 0.5) is 0 Å². The molecular formula is C18H25NO2. The van der Waals surface area contributed by atoms with Crippen molar-refractivity contribution in [3.05, 3.63) is 29.8 Å². The van der Waals surface area contributed by atoms with E-state index in [-0.39, 0.29) is 11.7 Å². The van der Waals surface area contributed by atoms with Gasteiger partial charge in [0, 0.05) is 12.1 Å². The molecule has 0 radical (unpaired) electrons. The average molecular weight is 287 g/mol. The number of para-hydroxylation sites is 1. The lowest BCUT2D eigenvalue weighted by Crippen LogP contribution is -2.59. The highest BCUT2D eigenvalue weighted by Gasteiger charge is 2.47. The van der Waals surface area contributed by atoms with Crippen molar-refractivity contribution in [3.63, 3.8) is 0 Å². The number of nitrogens with one attached hydrogen (secondary N) is 1. The van der Waals surface area contributed by atoms with Crippen LogP contribution in [0.1, 0.15) is 51.2 Å². The fourth-order valence-electron chi connectivity index (χ4n) is 3.95.